The Labute approximate surface area is 95.1 Å². The number of rotatable bonds is 3. The van der Waals surface area contributed by atoms with Crippen LogP contribution in [0.15, 0.2) is 18.3 Å². The average Bonchev–Trinajstić information content (AvgIpc) is 2.71. The van der Waals surface area contributed by atoms with Crippen molar-refractivity contribution in [3.8, 4) is 0 Å². The Morgan fingerprint density at radius 1 is 1.24 bits per heavy atom. The number of anilines is 1. The average molecular weight is 242 g/mol. The van der Waals surface area contributed by atoms with Gasteiger partial charge in [-0.25, -0.2) is 13.2 Å². The van der Waals surface area contributed by atoms with E-state index in [4.69, 9.17) is 0 Å². The standard InChI is InChI=1S/C10H9F3N4/c1-17-5-6(15-16-17)4-14-8-3-2-7(11)9(12)10(8)13/h2-3,5,14H,4H2,1H3. The van der Waals surface area contributed by atoms with Crippen molar-refractivity contribution < 1.29 is 13.2 Å². The first-order chi connectivity index (χ1) is 8.08. The zero-order chi connectivity index (χ0) is 12.4. The van der Waals surface area contributed by atoms with Crippen LogP contribution in [0.4, 0.5) is 18.9 Å². The third-order valence-electron chi connectivity index (χ3n) is 2.15. The molecule has 0 radical (unpaired) electrons. The van der Waals surface area contributed by atoms with E-state index in [0.717, 1.165) is 12.1 Å². The van der Waals surface area contributed by atoms with Gasteiger partial charge >= 0.3 is 0 Å². The fourth-order valence-electron chi connectivity index (χ4n) is 1.32. The SMILES string of the molecule is Cn1cc(CNc2ccc(F)c(F)c2F)nn1. The zero-order valence-corrected chi connectivity index (χ0v) is 8.91. The van der Waals surface area contributed by atoms with Crippen molar-refractivity contribution in [3.63, 3.8) is 0 Å². The summed E-state index contributed by atoms with van der Waals surface area (Å²) < 4.78 is 40.3. The lowest BCUT2D eigenvalue weighted by Crippen LogP contribution is -2.04. The van der Waals surface area contributed by atoms with E-state index in [1.807, 2.05) is 0 Å². The third kappa shape index (κ3) is 2.38. The first-order valence-electron chi connectivity index (χ1n) is 4.80. The van der Waals surface area contributed by atoms with Crippen LogP contribution in [0.2, 0.25) is 0 Å². The van der Waals surface area contributed by atoms with E-state index in [1.54, 1.807) is 13.2 Å². The number of nitrogens with one attached hydrogen (secondary N) is 1. The molecule has 0 saturated carbocycles. The maximum atomic E-state index is 13.3. The predicted molar refractivity (Wildman–Crippen MR) is 54.6 cm³/mol. The van der Waals surface area contributed by atoms with Crippen LogP contribution in [0, 0.1) is 17.5 Å². The van der Waals surface area contributed by atoms with Gasteiger partial charge in [-0.3, -0.25) is 4.68 Å². The molecule has 2 aromatic rings. The summed E-state index contributed by atoms with van der Waals surface area (Å²) in [6.45, 7) is 0.176. The van der Waals surface area contributed by atoms with E-state index in [0.29, 0.717) is 5.69 Å². The molecule has 0 fully saturated rings. The molecule has 1 heterocycles. The Kier molecular flexibility index (Phi) is 2.99. The van der Waals surface area contributed by atoms with E-state index in [2.05, 4.69) is 15.6 Å². The van der Waals surface area contributed by atoms with E-state index in [1.165, 1.54) is 4.68 Å². The number of aryl methyl sites for hydroxylation is 1. The van der Waals surface area contributed by atoms with Gasteiger partial charge in [-0.2, -0.15) is 0 Å². The second-order valence-electron chi connectivity index (χ2n) is 3.46. The van der Waals surface area contributed by atoms with Crippen LogP contribution < -0.4 is 5.32 Å². The van der Waals surface area contributed by atoms with Crippen molar-refractivity contribution in [1.82, 2.24) is 15.0 Å². The van der Waals surface area contributed by atoms with Crippen molar-refractivity contribution >= 4 is 5.69 Å². The smallest absolute Gasteiger partial charge is 0.196 e. The quantitative estimate of drug-likeness (QED) is 0.835. The first-order valence-corrected chi connectivity index (χ1v) is 4.80. The Morgan fingerprint density at radius 2 is 2.00 bits per heavy atom. The van der Waals surface area contributed by atoms with Gasteiger partial charge in [0.2, 0.25) is 0 Å². The zero-order valence-electron chi connectivity index (χ0n) is 8.91. The monoisotopic (exact) mass is 242 g/mol. The Bertz CT molecular complexity index is 538. The number of halogens is 3. The minimum Gasteiger partial charge on any atom is -0.377 e. The number of nitrogens with zero attached hydrogens (tertiary/aromatic N) is 3. The molecule has 0 unspecified atom stereocenters. The molecule has 4 nitrogen and oxygen atoms in total. The summed E-state index contributed by atoms with van der Waals surface area (Å²) >= 11 is 0. The lowest BCUT2D eigenvalue weighted by atomic mass is 10.2. The summed E-state index contributed by atoms with van der Waals surface area (Å²) in [5, 5.41) is 10.1. The fraction of sp³-hybridized carbons (Fsp3) is 0.200. The maximum absolute atomic E-state index is 13.3. The minimum atomic E-state index is -1.49. The Morgan fingerprint density at radius 3 is 2.65 bits per heavy atom. The second-order valence-corrected chi connectivity index (χ2v) is 3.46. The Balaban J connectivity index is 2.12. The molecule has 1 aromatic carbocycles. The summed E-state index contributed by atoms with van der Waals surface area (Å²) in [6, 6.07) is 1.99. The molecule has 0 amide bonds. The van der Waals surface area contributed by atoms with Gasteiger partial charge in [0.1, 0.15) is 5.69 Å². The van der Waals surface area contributed by atoms with E-state index < -0.39 is 17.5 Å². The number of hydrogen-bond acceptors (Lipinski definition) is 3. The molecule has 0 aliphatic rings. The van der Waals surface area contributed by atoms with E-state index in [-0.39, 0.29) is 12.2 Å². The van der Waals surface area contributed by atoms with Crippen molar-refractivity contribution in [2.45, 2.75) is 6.54 Å². The molecule has 0 saturated heterocycles. The minimum absolute atomic E-state index is 0.116. The molecule has 90 valence electrons. The van der Waals surface area contributed by atoms with Crippen LogP contribution in [0.1, 0.15) is 5.69 Å². The number of hydrogen-bond donors (Lipinski definition) is 1. The lowest BCUT2D eigenvalue weighted by molar-refractivity contribution is 0.449. The highest BCUT2D eigenvalue weighted by Crippen LogP contribution is 2.19. The van der Waals surface area contributed by atoms with Gasteiger partial charge in [0.15, 0.2) is 17.5 Å². The van der Waals surface area contributed by atoms with Gasteiger partial charge in [-0.1, -0.05) is 5.21 Å². The van der Waals surface area contributed by atoms with Gasteiger partial charge in [0, 0.05) is 13.2 Å². The molecule has 0 bridgehead atoms. The van der Waals surface area contributed by atoms with Crippen molar-refractivity contribution in [2.75, 3.05) is 5.32 Å². The van der Waals surface area contributed by atoms with Gasteiger partial charge < -0.3 is 5.32 Å². The molecule has 0 aliphatic carbocycles. The van der Waals surface area contributed by atoms with Crippen LogP contribution in [-0.4, -0.2) is 15.0 Å². The molecule has 1 aromatic heterocycles. The third-order valence-corrected chi connectivity index (χ3v) is 2.15. The molecule has 1 N–H and O–H groups in total. The maximum Gasteiger partial charge on any atom is 0.196 e. The highest BCUT2D eigenvalue weighted by molar-refractivity contribution is 5.45. The van der Waals surface area contributed by atoms with Gasteiger partial charge in [-0.15, -0.1) is 5.10 Å². The first kappa shape index (κ1) is 11.4. The van der Waals surface area contributed by atoms with Crippen LogP contribution in [-0.2, 0) is 13.6 Å². The summed E-state index contributed by atoms with van der Waals surface area (Å²) in [4.78, 5) is 0. The number of aromatic nitrogens is 3. The summed E-state index contributed by atoms with van der Waals surface area (Å²) in [5.74, 6) is -3.95. The molecule has 0 atom stereocenters. The van der Waals surface area contributed by atoms with E-state index >= 15 is 0 Å². The van der Waals surface area contributed by atoms with Gasteiger partial charge in [-0.05, 0) is 12.1 Å². The molecular formula is C10H9F3N4. The van der Waals surface area contributed by atoms with Crippen molar-refractivity contribution in [3.05, 3.63) is 41.5 Å². The second kappa shape index (κ2) is 4.44. The molecule has 7 heteroatoms. The normalized spacial score (nSPS) is 10.6. The molecule has 0 aliphatic heterocycles. The molecule has 2 rings (SSSR count). The summed E-state index contributed by atoms with van der Waals surface area (Å²) in [6.07, 6.45) is 1.63. The van der Waals surface area contributed by atoms with E-state index in [9.17, 15) is 13.2 Å². The lowest BCUT2D eigenvalue weighted by Gasteiger charge is -2.06. The van der Waals surface area contributed by atoms with Crippen LogP contribution in [0.5, 0.6) is 0 Å². The topological polar surface area (TPSA) is 42.7 Å². The molecule has 0 spiro atoms. The predicted octanol–water partition coefficient (Wildman–Crippen LogP) is 1.84. The highest BCUT2D eigenvalue weighted by Gasteiger charge is 2.13. The van der Waals surface area contributed by atoms with Gasteiger partial charge in [0.05, 0.1) is 12.2 Å². The summed E-state index contributed by atoms with van der Waals surface area (Å²) in [5.41, 5.74) is 0.450. The van der Waals surface area contributed by atoms with Crippen LogP contribution in [0.25, 0.3) is 0 Å². The largest absolute Gasteiger partial charge is 0.377 e. The number of benzene rings is 1. The summed E-state index contributed by atoms with van der Waals surface area (Å²) in [7, 11) is 1.69. The van der Waals surface area contributed by atoms with Crippen LogP contribution in [0.3, 0.4) is 0 Å². The van der Waals surface area contributed by atoms with Crippen LogP contribution >= 0.6 is 0 Å². The van der Waals surface area contributed by atoms with Gasteiger partial charge in [0.25, 0.3) is 0 Å². The molecule has 17 heavy (non-hydrogen) atoms. The highest BCUT2D eigenvalue weighted by atomic mass is 19.2. The Hall–Kier alpha value is -2.05. The fourth-order valence-corrected chi connectivity index (χ4v) is 1.32. The molecular weight excluding hydrogens is 233 g/mol. The van der Waals surface area contributed by atoms with Crippen molar-refractivity contribution in [1.29, 1.82) is 0 Å². The van der Waals surface area contributed by atoms with Crippen molar-refractivity contribution in [2.24, 2.45) is 7.05 Å².